The summed E-state index contributed by atoms with van der Waals surface area (Å²) in [6.45, 7) is 8.94. The Labute approximate surface area is 217 Å². The van der Waals surface area contributed by atoms with Crippen LogP contribution in [0.5, 0.6) is 5.75 Å². The van der Waals surface area contributed by atoms with Crippen LogP contribution in [0.4, 0.5) is 8.78 Å². The number of rotatable bonds is 6. The van der Waals surface area contributed by atoms with Crippen molar-refractivity contribution in [3.05, 3.63) is 108 Å². The van der Waals surface area contributed by atoms with Crippen LogP contribution in [0.1, 0.15) is 47.8 Å². The molecule has 4 aromatic heterocycles. The summed E-state index contributed by atoms with van der Waals surface area (Å²) in [5.41, 5.74) is 2.37. The third-order valence-corrected chi connectivity index (χ3v) is 6.37. The Morgan fingerprint density at radius 2 is 1.73 bits per heavy atom. The van der Waals surface area contributed by atoms with E-state index >= 15 is 0 Å². The maximum absolute atomic E-state index is 13.9. The van der Waals surface area contributed by atoms with E-state index < -0.39 is 17.2 Å². The van der Waals surface area contributed by atoms with Gasteiger partial charge in [0.25, 0.3) is 11.1 Å². The van der Waals surface area contributed by atoms with E-state index in [4.69, 9.17) is 16.3 Å². The average Bonchev–Trinajstić information content (AvgIpc) is 2.82. The zero-order valence-electron chi connectivity index (χ0n) is 21.0. The highest BCUT2D eigenvalue weighted by atomic mass is 35.5. The van der Waals surface area contributed by atoms with Gasteiger partial charge < -0.3 is 4.74 Å². The SMILES string of the molecule is Cc1cnc(-n2ccc(C)c(C(C)C)c2=O)cc1-n1c(C)cc(OCc2ncc(F)cc2F)c(Cl)c1=O. The van der Waals surface area contributed by atoms with Crippen molar-refractivity contribution in [2.45, 2.75) is 47.1 Å². The molecule has 4 aromatic rings. The maximum Gasteiger partial charge on any atom is 0.277 e. The Morgan fingerprint density at radius 1 is 1.00 bits per heavy atom. The van der Waals surface area contributed by atoms with Gasteiger partial charge in [-0.2, -0.15) is 0 Å². The predicted octanol–water partition coefficient (Wildman–Crippen LogP) is 5.34. The first-order valence-corrected chi connectivity index (χ1v) is 11.9. The van der Waals surface area contributed by atoms with Crippen LogP contribution in [0.15, 0.2) is 52.4 Å². The molecule has 0 N–H and O–H groups in total. The van der Waals surface area contributed by atoms with Gasteiger partial charge in [-0.05, 0) is 43.9 Å². The lowest BCUT2D eigenvalue weighted by Gasteiger charge is -2.18. The topological polar surface area (TPSA) is 79.0 Å². The van der Waals surface area contributed by atoms with Crippen molar-refractivity contribution in [1.82, 2.24) is 19.1 Å². The third kappa shape index (κ3) is 5.04. The second-order valence-electron chi connectivity index (χ2n) is 9.05. The van der Waals surface area contributed by atoms with Crippen molar-refractivity contribution in [2.75, 3.05) is 0 Å². The lowest BCUT2D eigenvalue weighted by molar-refractivity contribution is 0.292. The van der Waals surface area contributed by atoms with Crippen molar-refractivity contribution in [2.24, 2.45) is 0 Å². The second kappa shape index (κ2) is 10.3. The molecule has 0 spiro atoms. The molecule has 0 saturated carbocycles. The highest BCUT2D eigenvalue weighted by Crippen LogP contribution is 2.26. The van der Waals surface area contributed by atoms with E-state index in [9.17, 15) is 18.4 Å². The van der Waals surface area contributed by atoms with Crippen molar-refractivity contribution in [1.29, 1.82) is 0 Å². The molecule has 37 heavy (non-hydrogen) atoms. The van der Waals surface area contributed by atoms with E-state index in [1.807, 2.05) is 26.8 Å². The molecule has 4 rings (SSSR count). The first-order chi connectivity index (χ1) is 17.5. The normalized spacial score (nSPS) is 11.3. The molecular weight excluding hydrogens is 502 g/mol. The number of halogens is 3. The fourth-order valence-electron chi connectivity index (χ4n) is 4.18. The third-order valence-electron chi connectivity index (χ3n) is 6.02. The quantitative estimate of drug-likeness (QED) is 0.339. The Hall–Kier alpha value is -3.85. The van der Waals surface area contributed by atoms with Gasteiger partial charge in [0.15, 0.2) is 5.82 Å². The summed E-state index contributed by atoms with van der Waals surface area (Å²) in [7, 11) is 0. The van der Waals surface area contributed by atoms with Gasteiger partial charge in [0.05, 0.1) is 11.9 Å². The maximum atomic E-state index is 13.9. The van der Waals surface area contributed by atoms with Gasteiger partial charge in [0.2, 0.25) is 0 Å². The molecule has 0 aliphatic heterocycles. The van der Waals surface area contributed by atoms with Gasteiger partial charge >= 0.3 is 0 Å². The summed E-state index contributed by atoms with van der Waals surface area (Å²) >= 11 is 6.36. The van der Waals surface area contributed by atoms with Gasteiger partial charge in [0, 0.05) is 41.9 Å². The molecule has 10 heteroatoms. The Kier molecular flexibility index (Phi) is 7.27. The van der Waals surface area contributed by atoms with Crippen LogP contribution in [0.3, 0.4) is 0 Å². The smallest absolute Gasteiger partial charge is 0.277 e. The highest BCUT2D eigenvalue weighted by molar-refractivity contribution is 6.31. The number of hydrogen-bond donors (Lipinski definition) is 0. The van der Waals surface area contributed by atoms with E-state index in [1.54, 1.807) is 38.4 Å². The lowest BCUT2D eigenvalue weighted by Crippen LogP contribution is -2.26. The molecular formula is C27H25ClF2N4O3. The van der Waals surface area contributed by atoms with Gasteiger partial charge in [0.1, 0.15) is 34.7 Å². The Morgan fingerprint density at radius 3 is 2.41 bits per heavy atom. The predicted molar refractivity (Wildman–Crippen MR) is 137 cm³/mol. The summed E-state index contributed by atoms with van der Waals surface area (Å²) in [6, 6.07) is 5.75. The zero-order valence-corrected chi connectivity index (χ0v) is 21.7. The van der Waals surface area contributed by atoms with Crippen molar-refractivity contribution in [3.8, 4) is 17.3 Å². The molecule has 0 aromatic carbocycles. The minimum atomic E-state index is -0.868. The standard InChI is InChI=1S/C27H25ClF2N4O3/c1-14(2)24-15(3)6-7-33(26(24)35)23-10-21(16(4)11-32-23)34-17(5)8-22(25(28)27(34)36)37-13-20-19(30)9-18(29)12-31-20/h6-12,14H,13H2,1-5H3. The summed E-state index contributed by atoms with van der Waals surface area (Å²) in [5.74, 6) is -1.26. The van der Waals surface area contributed by atoms with Crippen LogP contribution in [0.2, 0.25) is 5.02 Å². The van der Waals surface area contributed by atoms with Crippen LogP contribution in [0, 0.1) is 32.4 Å². The van der Waals surface area contributed by atoms with Crippen LogP contribution < -0.4 is 15.9 Å². The fraction of sp³-hybridized carbons (Fsp3) is 0.259. The molecule has 0 saturated heterocycles. The number of aryl methyl sites for hydroxylation is 3. The molecule has 0 aliphatic rings. The number of nitrogens with zero attached hydrogens (tertiary/aromatic N) is 4. The van der Waals surface area contributed by atoms with Crippen LogP contribution in [-0.4, -0.2) is 19.1 Å². The van der Waals surface area contributed by atoms with E-state index in [-0.39, 0.29) is 34.6 Å². The molecule has 0 radical (unpaired) electrons. The fourth-order valence-corrected chi connectivity index (χ4v) is 4.37. The van der Waals surface area contributed by atoms with E-state index in [1.165, 1.54) is 9.13 Å². The molecule has 192 valence electrons. The molecule has 7 nitrogen and oxygen atoms in total. The largest absolute Gasteiger partial charge is 0.485 e. The molecule has 0 fully saturated rings. The molecule has 0 amide bonds. The first kappa shape index (κ1) is 26.2. The van der Waals surface area contributed by atoms with Gasteiger partial charge in [-0.3, -0.25) is 23.7 Å². The zero-order chi connectivity index (χ0) is 27.0. The number of hydrogen-bond acceptors (Lipinski definition) is 5. The molecule has 0 unspecified atom stereocenters. The second-order valence-corrected chi connectivity index (χ2v) is 9.42. The van der Waals surface area contributed by atoms with Crippen molar-refractivity contribution in [3.63, 3.8) is 0 Å². The minimum absolute atomic E-state index is 0.0275. The van der Waals surface area contributed by atoms with E-state index in [0.29, 0.717) is 34.4 Å². The van der Waals surface area contributed by atoms with Crippen molar-refractivity contribution >= 4 is 11.6 Å². The van der Waals surface area contributed by atoms with Crippen LogP contribution >= 0.6 is 11.6 Å². The highest BCUT2D eigenvalue weighted by Gasteiger charge is 2.18. The summed E-state index contributed by atoms with van der Waals surface area (Å²) < 4.78 is 35.5. The van der Waals surface area contributed by atoms with E-state index in [2.05, 4.69) is 9.97 Å². The van der Waals surface area contributed by atoms with Gasteiger partial charge in [-0.25, -0.2) is 13.8 Å². The van der Waals surface area contributed by atoms with Gasteiger partial charge in [-0.1, -0.05) is 25.4 Å². The number of pyridine rings is 4. The Bertz CT molecular complexity index is 1630. The van der Waals surface area contributed by atoms with Crippen LogP contribution in [-0.2, 0) is 6.61 Å². The molecule has 0 atom stereocenters. The van der Waals surface area contributed by atoms with Gasteiger partial charge in [-0.15, -0.1) is 0 Å². The average molecular weight is 527 g/mol. The summed E-state index contributed by atoms with van der Waals surface area (Å²) in [4.78, 5) is 34.6. The molecule has 4 heterocycles. The van der Waals surface area contributed by atoms with Crippen molar-refractivity contribution < 1.29 is 13.5 Å². The first-order valence-electron chi connectivity index (χ1n) is 11.5. The molecule has 0 aliphatic carbocycles. The number of aromatic nitrogens is 4. The summed E-state index contributed by atoms with van der Waals surface area (Å²) in [6.07, 6.45) is 4.12. The Balaban J connectivity index is 1.76. The summed E-state index contributed by atoms with van der Waals surface area (Å²) in [5, 5.41) is -0.222. The van der Waals surface area contributed by atoms with E-state index in [0.717, 1.165) is 11.8 Å². The number of ether oxygens (including phenoxy) is 1. The van der Waals surface area contributed by atoms with Crippen LogP contribution in [0.25, 0.3) is 11.5 Å². The lowest BCUT2D eigenvalue weighted by atomic mass is 10.0. The monoisotopic (exact) mass is 526 g/mol. The molecule has 0 bridgehead atoms. The minimum Gasteiger partial charge on any atom is -0.485 e.